The van der Waals surface area contributed by atoms with Gasteiger partial charge >= 0.3 is 0 Å². The Labute approximate surface area is 126 Å². The van der Waals surface area contributed by atoms with Gasteiger partial charge in [0, 0.05) is 16.4 Å². The normalized spacial score (nSPS) is 10.2. The molecule has 0 atom stereocenters. The first-order chi connectivity index (χ1) is 9.61. The number of hydrogen-bond donors (Lipinski definition) is 1. The van der Waals surface area contributed by atoms with E-state index in [1.807, 2.05) is 32.0 Å². The van der Waals surface area contributed by atoms with E-state index in [0.29, 0.717) is 18.1 Å². The van der Waals surface area contributed by atoms with Crippen LogP contribution in [0.5, 0.6) is 5.88 Å². The molecule has 0 saturated heterocycles. The number of benzene rings is 1. The summed E-state index contributed by atoms with van der Waals surface area (Å²) in [5, 5.41) is 2.85. The minimum atomic E-state index is -0.233. The monoisotopic (exact) mass is 334 g/mol. The molecule has 1 aromatic carbocycles. The first-order valence-corrected chi connectivity index (χ1v) is 7.06. The summed E-state index contributed by atoms with van der Waals surface area (Å²) >= 11 is 3.43. The maximum atomic E-state index is 12.3. The number of nitrogens with zero attached hydrogens (tertiary/aromatic N) is 1. The summed E-state index contributed by atoms with van der Waals surface area (Å²) in [6.07, 6.45) is 1.60. The zero-order valence-electron chi connectivity index (χ0n) is 11.3. The minimum Gasteiger partial charge on any atom is -0.477 e. The lowest BCUT2D eigenvalue weighted by molar-refractivity contribution is 0.102. The fourth-order valence-electron chi connectivity index (χ4n) is 1.74. The van der Waals surface area contributed by atoms with E-state index in [4.69, 9.17) is 4.74 Å². The van der Waals surface area contributed by atoms with Gasteiger partial charge in [-0.3, -0.25) is 4.79 Å². The molecule has 1 heterocycles. The molecule has 1 aromatic heterocycles. The highest BCUT2D eigenvalue weighted by molar-refractivity contribution is 9.10. The van der Waals surface area contributed by atoms with E-state index < -0.39 is 0 Å². The van der Waals surface area contributed by atoms with Crippen molar-refractivity contribution < 1.29 is 9.53 Å². The van der Waals surface area contributed by atoms with Crippen molar-refractivity contribution in [1.29, 1.82) is 0 Å². The van der Waals surface area contributed by atoms with Gasteiger partial charge in [0.15, 0.2) is 0 Å². The standard InChI is InChI=1S/C15H15BrN2O2/c1-3-20-15-12(5-4-8-17-15)14(19)18-11-6-7-13(16)10(2)9-11/h4-9H,3H2,1-2H3,(H,18,19). The van der Waals surface area contributed by atoms with E-state index in [2.05, 4.69) is 26.2 Å². The van der Waals surface area contributed by atoms with Gasteiger partial charge in [0.1, 0.15) is 5.56 Å². The second kappa shape index (κ2) is 6.52. The van der Waals surface area contributed by atoms with Crippen molar-refractivity contribution in [2.75, 3.05) is 11.9 Å². The Morgan fingerprint density at radius 3 is 2.90 bits per heavy atom. The molecular formula is C15H15BrN2O2. The Morgan fingerprint density at radius 2 is 2.20 bits per heavy atom. The number of hydrogen-bond acceptors (Lipinski definition) is 3. The number of aromatic nitrogens is 1. The summed E-state index contributed by atoms with van der Waals surface area (Å²) in [5.41, 5.74) is 2.22. The number of aryl methyl sites for hydroxylation is 1. The Balaban J connectivity index is 2.21. The van der Waals surface area contributed by atoms with Crippen LogP contribution in [-0.4, -0.2) is 17.5 Å². The molecule has 0 unspecified atom stereocenters. The lowest BCUT2D eigenvalue weighted by Crippen LogP contribution is -2.14. The molecule has 0 aliphatic carbocycles. The molecule has 1 amide bonds. The van der Waals surface area contributed by atoms with Gasteiger partial charge in [0.2, 0.25) is 5.88 Å². The van der Waals surface area contributed by atoms with Gasteiger partial charge in [-0.15, -0.1) is 0 Å². The van der Waals surface area contributed by atoms with Crippen molar-refractivity contribution in [3.05, 3.63) is 52.1 Å². The van der Waals surface area contributed by atoms with Crippen molar-refractivity contribution in [1.82, 2.24) is 4.98 Å². The van der Waals surface area contributed by atoms with Gasteiger partial charge in [0.25, 0.3) is 5.91 Å². The first kappa shape index (κ1) is 14.5. The van der Waals surface area contributed by atoms with E-state index in [9.17, 15) is 4.79 Å². The van der Waals surface area contributed by atoms with Crippen LogP contribution in [0.15, 0.2) is 41.0 Å². The zero-order valence-corrected chi connectivity index (χ0v) is 12.9. The van der Waals surface area contributed by atoms with Crippen LogP contribution in [0.3, 0.4) is 0 Å². The van der Waals surface area contributed by atoms with Gasteiger partial charge in [-0.25, -0.2) is 4.98 Å². The summed E-state index contributed by atoms with van der Waals surface area (Å²) in [6, 6.07) is 9.05. The largest absolute Gasteiger partial charge is 0.477 e. The lowest BCUT2D eigenvalue weighted by atomic mass is 10.2. The van der Waals surface area contributed by atoms with E-state index in [1.165, 1.54) is 0 Å². The summed E-state index contributed by atoms with van der Waals surface area (Å²) < 4.78 is 6.37. The molecule has 20 heavy (non-hydrogen) atoms. The predicted molar refractivity (Wildman–Crippen MR) is 82.2 cm³/mol. The van der Waals surface area contributed by atoms with E-state index in [0.717, 1.165) is 15.7 Å². The molecule has 0 bridgehead atoms. The third-order valence-corrected chi connectivity index (χ3v) is 3.60. The van der Waals surface area contributed by atoms with Crippen molar-refractivity contribution in [2.45, 2.75) is 13.8 Å². The second-order valence-electron chi connectivity index (χ2n) is 4.21. The van der Waals surface area contributed by atoms with Gasteiger partial charge in [-0.05, 0) is 49.7 Å². The average molecular weight is 335 g/mol. The number of carbonyl (C=O) groups is 1. The summed E-state index contributed by atoms with van der Waals surface area (Å²) in [5.74, 6) is 0.115. The number of anilines is 1. The molecule has 0 spiro atoms. The molecule has 4 nitrogen and oxygen atoms in total. The number of ether oxygens (including phenoxy) is 1. The highest BCUT2D eigenvalue weighted by Crippen LogP contribution is 2.21. The second-order valence-corrected chi connectivity index (χ2v) is 5.06. The summed E-state index contributed by atoms with van der Waals surface area (Å²) in [4.78, 5) is 16.3. The van der Waals surface area contributed by atoms with Crippen LogP contribution < -0.4 is 10.1 Å². The smallest absolute Gasteiger partial charge is 0.261 e. The van der Waals surface area contributed by atoms with Crippen LogP contribution in [-0.2, 0) is 0 Å². The molecule has 5 heteroatoms. The predicted octanol–water partition coefficient (Wildman–Crippen LogP) is 3.80. The van der Waals surface area contributed by atoms with Crippen LogP contribution in [0, 0.1) is 6.92 Å². The van der Waals surface area contributed by atoms with Crippen LogP contribution in [0.1, 0.15) is 22.8 Å². The van der Waals surface area contributed by atoms with Gasteiger partial charge in [-0.2, -0.15) is 0 Å². The molecule has 0 fully saturated rings. The Kier molecular flexibility index (Phi) is 4.74. The summed E-state index contributed by atoms with van der Waals surface area (Å²) in [7, 11) is 0. The SMILES string of the molecule is CCOc1ncccc1C(=O)Nc1ccc(Br)c(C)c1. The van der Waals surface area contributed by atoms with Crippen LogP contribution in [0.2, 0.25) is 0 Å². The van der Waals surface area contributed by atoms with Crippen molar-refractivity contribution >= 4 is 27.5 Å². The number of pyridine rings is 1. The molecular weight excluding hydrogens is 320 g/mol. The maximum Gasteiger partial charge on any atom is 0.261 e. The fourth-order valence-corrected chi connectivity index (χ4v) is 1.98. The number of carbonyl (C=O) groups excluding carboxylic acids is 1. The molecule has 2 rings (SSSR count). The average Bonchev–Trinajstić information content (AvgIpc) is 2.44. The van der Waals surface area contributed by atoms with E-state index in [1.54, 1.807) is 18.3 Å². The molecule has 0 aliphatic rings. The summed E-state index contributed by atoms with van der Waals surface area (Å²) in [6.45, 7) is 4.29. The van der Waals surface area contributed by atoms with Crippen LogP contribution >= 0.6 is 15.9 Å². The highest BCUT2D eigenvalue weighted by atomic mass is 79.9. The third kappa shape index (κ3) is 3.36. The fraction of sp³-hybridized carbons (Fsp3) is 0.200. The zero-order chi connectivity index (χ0) is 14.5. The number of halogens is 1. The van der Waals surface area contributed by atoms with Gasteiger partial charge in [0.05, 0.1) is 6.61 Å². The number of rotatable bonds is 4. The molecule has 1 N–H and O–H groups in total. The molecule has 0 saturated carbocycles. The quantitative estimate of drug-likeness (QED) is 0.925. The van der Waals surface area contributed by atoms with Crippen molar-refractivity contribution in [3.63, 3.8) is 0 Å². The lowest BCUT2D eigenvalue weighted by Gasteiger charge is -2.10. The van der Waals surface area contributed by atoms with E-state index >= 15 is 0 Å². The topological polar surface area (TPSA) is 51.2 Å². The Hall–Kier alpha value is -1.88. The van der Waals surface area contributed by atoms with E-state index in [-0.39, 0.29) is 5.91 Å². The Morgan fingerprint density at radius 1 is 1.40 bits per heavy atom. The van der Waals surface area contributed by atoms with Crippen LogP contribution in [0.4, 0.5) is 5.69 Å². The minimum absolute atomic E-state index is 0.233. The third-order valence-electron chi connectivity index (χ3n) is 2.71. The maximum absolute atomic E-state index is 12.3. The molecule has 104 valence electrons. The van der Waals surface area contributed by atoms with Crippen LogP contribution in [0.25, 0.3) is 0 Å². The van der Waals surface area contributed by atoms with Gasteiger partial charge in [-0.1, -0.05) is 15.9 Å². The molecule has 0 radical (unpaired) electrons. The molecule has 2 aromatic rings. The van der Waals surface area contributed by atoms with Crippen molar-refractivity contribution in [3.8, 4) is 5.88 Å². The highest BCUT2D eigenvalue weighted by Gasteiger charge is 2.13. The number of nitrogens with one attached hydrogen (secondary N) is 1. The van der Waals surface area contributed by atoms with Crippen molar-refractivity contribution in [2.24, 2.45) is 0 Å². The van der Waals surface area contributed by atoms with Gasteiger partial charge < -0.3 is 10.1 Å². The number of amides is 1. The first-order valence-electron chi connectivity index (χ1n) is 6.27. The Bertz CT molecular complexity index is 629. The molecule has 0 aliphatic heterocycles.